The third-order valence-corrected chi connectivity index (χ3v) is 15.2. The average Bonchev–Trinajstić information content (AvgIpc) is 3.41. The van der Waals surface area contributed by atoms with Gasteiger partial charge in [0, 0.05) is 25.9 Å². The van der Waals surface area contributed by atoms with E-state index in [1.165, 1.54) is 30.2 Å². The van der Waals surface area contributed by atoms with Gasteiger partial charge in [0.15, 0.2) is 11.9 Å². The minimum Gasteiger partial charge on any atom is -0.479 e. The first kappa shape index (κ1) is 61.8. The number of anilines is 2. The van der Waals surface area contributed by atoms with Crippen molar-refractivity contribution >= 4 is 64.7 Å². The van der Waals surface area contributed by atoms with Gasteiger partial charge in [0.05, 0.1) is 23.1 Å². The molecule has 420 valence electrons. The molecule has 0 aromatic heterocycles. The number of carboxylic acid groups (broad SMARTS) is 1. The molecule has 2 aliphatic rings. The fourth-order valence-electron chi connectivity index (χ4n) is 8.29. The monoisotopic (exact) mass is 1110 g/mol. The molecule has 21 heteroatoms. The summed E-state index contributed by atoms with van der Waals surface area (Å²) < 4.78 is 33.8. The number of nitrogen functional groups attached to an aromatic ring is 1. The van der Waals surface area contributed by atoms with Crippen LogP contribution in [-0.4, -0.2) is 140 Å². The summed E-state index contributed by atoms with van der Waals surface area (Å²) in [4.78, 5) is 63.7. The van der Waals surface area contributed by atoms with Gasteiger partial charge in [-0.15, -0.1) is 23.5 Å². The lowest BCUT2D eigenvalue weighted by Crippen LogP contribution is -2.61. The summed E-state index contributed by atoms with van der Waals surface area (Å²) in [5.41, 5.74) is 10.6. The SMILES string of the molecule is CCN(CSCCc1ccccc1)C(=O)OCc1ccc(OC2OC(C(=O)O)C(O)[C@H](O)[C@@H]2O)c(NC(C)=O)c1.CCN(CSCCc1ccccc1)C(=O)OCc1ccc(OC2OC(C(C)=O)C(C)[C@H](C)[C@@H]2C)c(N)c1. The molecular weight excluding hydrogens is 1030 g/mol. The van der Waals surface area contributed by atoms with Crippen LogP contribution in [0.2, 0.25) is 0 Å². The van der Waals surface area contributed by atoms with Crippen molar-refractivity contribution < 1.29 is 72.8 Å². The van der Waals surface area contributed by atoms with Crippen molar-refractivity contribution in [2.45, 2.75) is 118 Å². The molecule has 0 aliphatic carbocycles. The number of amides is 3. The molecule has 2 fully saturated rings. The Hall–Kier alpha value is -6.07. The summed E-state index contributed by atoms with van der Waals surface area (Å²) >= 11 is 3.33. The number of nitrogens with two attached hydrogens (primary N) is 1. The minimum absolute atomic E-state index is 0.000651. The third-order valence-electron chi connectivity index (χ3n) is 13.2. The number of aryl methyl sites for hydroxylation is 2. The number of aliphatic hydroxyl groups excluding tert-OH is 3. The second-order valence-electron chi connectivity index (χ2n) is 18.8. The smallest absolute Gasteiger partial charge is 0.410 e. The maximum absolute atomic E-state index is 12.6. The molecule has 0 spiro atoms. The highest BCUT2D eigenvalue weighted by Gasteiger charge is 2.48. The zero-order chi connectivity index (χ0) is 56.2. The van der Waals surface area contributed by atoms with E-state index < -0.39 is 61.1 Å². The Morgan fingerprint density at radius 3 is 1.58 bits per heavy atom. The van der Waals surface area contributed by atoms with Gasteiger partial charge < -0.3 is 59.9 Å². The quantitative estimate of drug-likeness (QED) is 0.0237. The van der Waals surface area contributed by atoms with Gasteiger partial charge in [-0.2, -0.15) is 0 Å². The van der Waals surface area contributed by atoms with Gasteiger partial charge in [0.2, 0.25) is 18.5 Å². The first-order valence-electron chi connectivity index (χ1n) is 25.6. The van der Waals surface area contributed by atoms with Crippen molar-refractivity contribution in [1.82, 2.24) is 9.80 Å². The highest BCUT2D eigenvalue weighted by atomic mass is 32.2. The van der Waals surface area contributed by atoms with Gasteiger partial charge >= 0.3 is 18.2 Å². The van der Waals surface area contributed by atoms with Crippen LogP contribution in [0.3, 0.4) is 0 Å². The number of nitrogens with zero attached hydrogens (tertiary/aromatic N) is 2. The first-order valence-corrected chi connectivity index (χ1v) is 27.9. The van der Waals surface area contributed by atoms with Gasteiger partial charge in [-0.1, -0.05) is 93.6 Å². The molecule has 2 saturated heterocycles. The molecule has 6 rings (SSSR count). The molecule has 2 aliphatic heterocycles. The van der Waals surface area contributed by atoms with Crippen molar-refractivity contribution in [3.63, 3.8) is 0 Å². The Labute approximate surface area is 459 Å². The predicted molar refractivity (Wildman–Crippen MR) is 294 cm³/mol. The van der Waals surface area contributed by atoms with Crippen LogP contribution in [0.15, 0.2) is 97.1 Å². The zero-order valence-electron chi connectivity index (χ0n) is 44.7. The Bertz CT molecular complexity index is 2530. The van der Waals surface area contributed by atoms with Crippen molar-refractivity contribution in [3.05, 3.63) is 119 Å². The van der Waals surface area contributed by atoms with Crippen LogP contribution in [-0.2, 0) is 59.4 Å². The molecule has 19 nitrogen and oxygen atoms in total. The molecule has 3 amide bonds. The van der Waals surface area contributed by atoms with E-state index in [9.17, 15) is 44.4 Å². The van der Waals surface area contributed by atoms with Crippen LogP contribution in [0.1, 0.15) is 70.7 Å². The number of aliphatic hydroxyl groups is 3. The highest BCUT2D eigenvalue weighted by Crippen LogP contribution is 2.38. The average molecular weight is 1110 g/mol. The number of thioether (sulfide) groups is 2. The minimum atomic E-state index is -1.87. The number of ether oxygens (including phenoxy) is 6. The largest absolute Gasteiger partial charge is 0.479 e. The van der Waals surface area contributed by atoms with E-state index >= 15 is 0 Å². The third kappa shape index (κ3) is 18.5. The van der Waals surface area contributed by atoms with Crippen LogP contribution in [0.25, 0.3) is 0 Å². The molecule has 77 heavy (non-hydrogen) atoms. The van der Waals surface area contributed by atoms with Gasteiger partial charge in [0.25, 0.3) is 0 Å². The molecule has 0 radical (unpaired) electrons. The van der Waals surface area contributed by atoms with Crippen molar-refractivity contribution in [1.29, 1.82) is 0 Å². The number of benzene rings is 4. The number of carbonyl (C=O) groups excluding carboxylic acids is 4. The topological polar surface area (TPSA) is 266 Å². The normalized spacial score (nSPS) is 22.8. The van der Waals surface area contributed by atoms with E-state index in [0.717, 1.165) is 29.9 Å². The van der Waals surface area contributed by atoms with Gasteiger partial charge in [0.1, 0.15) is 49.1 Å². The fourth-order valence-corrected chi connectivity index (χ4v) is 10.3. The highest BCUT2D eigenvalue weighted by molar-refractivity contribution is 7.99. The maximum atomic E-state index is 12.6. The molecule has 4 aromatic rings. The number of nitrogens with one attached hydrogen (secondary N) is 1. The van der Waals surface area contributed by atoms with Crippen LogP contribution in [0, 0.1) is 17.8 Å². The molecule has 4 aromatic carbocycles. The maximum Gasteiger partial charge on any atom is 0.410 e. The standard InChI is InChI=1S/C29H40N2O5S.C27H34N2O10S/c1-6-31(18-37-15-14-23-10-8-7-9-11-23)29(33)34-17-24-12-13-26(25(30)16-24)35-28-21(4)19(2)20(3)27(36-28)22(5)32;1-3-29(15-40-12-11-17-7-5-4-6-8-17)27(36)37-14-18-9-10-20(19(13-18)28-16(2)30)38-26-23(33)21(31)22(32)24(39-26)25(34)35/h7-13,16,19-21,27-28H,6,14-15,17-18,30H2,1-5H3;4-10,13,21-24,26,31-33H,3,11-12,14-15H2,1-2H3,(H,28,30)(H,34,35)/t19-,20?,21-,27?,28?;21-,22?,23-,24?,26?/m00/s1. The lowest BCUT2D eigenvalue weighted by molar-refractivity contribution is -0.271. The lowest BCUT2D eigenvalue weighted by Gasteiger charge is -2.42. The molecule has 0 bridgehead atoms. The summed E-state index contributed by atoms with van der Waals surface area (Å²) in [6.07, 6.45) is -9.05. The predicted octanol–water partition coefficient (Wildman–Crippen LogP) is 7.57. The van der Waals surface area contributed by atoms with Crippen molar-refractivity contribution in [3.8, 4) is 11.5 Å². The molecule has 0 saturated carbocycles. The van der Waals surface area contributed by atoms with E-state index in [-0.39, 0.29) is 54.3 Å². The summed E-state index contributed by atoms with van der Waals surface area (Å²) in [5.74, 6) is 1.76. The summed E-state index contributed by atoms with van der Waals surface area (Å²) in [7, 11) is 0. The summed E-state index contributed by atoms with van der Waals surface area (Å²) in [5, 5.41) is 41.9. The second-order valence-corrected chi connectivity index (χ2v) is 21.0. The summed E-state index contributed by atoms with van der Waals surface area (Å²) in [6.45, 7) is 13.9. The number of hydrogen-bond acceptors (Lipinski definition) is 17. The van der Waals surface area contributed by atoms with E-state index in [4.69, 9.17) is 34.2 Å². The molecule has 6 unspecified atom stereocenters. The van der Waals surface area contributed by atoms with Crippen LogP contribution in [0.4, 0.5) is 21.0 Å². The molecule has 7 N–H and O–H groups in total. The number of Topliss-reactive ketones (excluding diaryl/α,β-unsaturated/α-hetero) is 1. The molecule has 2 heterocycles. The van der Waals surface area contributed by atoms with Gasteiger partial charge in [-0.05, 0) is 103 Å². The Kier molecular flexibility index (Phi) is 24.7. The number of rotatable bonds is 23. The Morgan fingerprint density at radius 1 is 0.610 bits per heavy atom. The van der Waals surface area contributed by atoms with E-state index in [1.54, 1.807) is 58.4 Å². The molecular formula is C56H74N4O15S2. The van der Waals surface area contributed by atoms with Crippen LogP contribution < -0.4 is 20.5 Å². The Morgan fingerprint density at radius 2 is 1.10 bits per heavy atom. The molecule has 10 atom stereocenters. The number of ketones is 1. The fraction of sp³-hybridized carbons (Fsp3) is 0.482. The van der Waals surface area contributed by atoms with E-state index in [0.29, 0.717) is 41.8 Å². The summed E-state index contributed by atoms with van der Waals surface area (Å²) in [6, 6.07) is 30.2. The van der Waals surface area contributed by atoms with Crippen LogP contribution in [0.5, 0.6) is 11.5 Å². The number of carbonyl (C=O) groups is 5. The lowest BCUT2D eigenvalue weighted by atomic mass is 9.78. The Balaban J connectivity index is 0.000000285. The van der Waals surface area contributed by atoms with Crippen LogP contribution >= 0.6 is 23.5 Å². The van der Waals surface area contributed by atoms with Crippen molar-refractivity contribution in [2.75, 3.05) is 47.4 Å². The first-order chi connectivity index (χ1) is 36.8. The zero-order valence-corrected chi connectivity index (χ0v) is 46.3. The van der Waals surface area contributed by atoms with Gasteiger partial charge in [-0.25, -0.2) is 14.4 Å². The van der Waals surface area contributed by atoms with Gasteiger partial charge in [-0.3, -0.25) is 19.4 Å². The number of aliphatic carboxylic acids is 1. The van der Waals surface area contributed by atoms with Crippen molar-refractivity contribution in [2.24, 2.45) is 17.8 Å². The number of carboxylic acids is 1. The number of hydrogen-bond donors (Lipinski definition) is 6. The second kappa shape index (κ2) is 30.8. The van der Waals surface area contributed by atoms with E-state index in [1.807, 2.05) is 63.2 Å². The van der Waals surface area contributed by atoms with E-state index in [2.05, 4.69) is 43.4 Å².